The van der Waals surface area contributed by atoms with Gasteiger partial charge in [0, 0.05) is 24.8 Å². The molecular formula is C22H26N4O3. The molecule has 2 aromatic carbocycles. The Hall–Kier alpha value is -3.06. The van der Waals surface area contributed by atoms with Gasteiger partial charge in [0.2, 0.25) is 0 Å². The van der Waals surface area contributed by atoms with Gasteiger partial charge >= 0.3 is 6.03 Å². The highest BCUT2D eigenvalue weighted by Gasteiger charge is 2.16. The number of carbonyl (C=O) groups excluding carboxylic acids is 2. The summed E-state index contributed by atoms with van der Waals surface area (Å²) in [6.45, 7) is 3.80. The zero-order chi connectivity index (χ0) is 20.1. The Balaban J connectivity index is 1.25. The zero-order valence-corrected chi connectivity index (χ0v) is 16.4. The van der Waals surface area contributed by atoms with Crippen LogP contribution in [0.5, 0.6) is 5.75 Å². The number of hydrogen-bond acceptors (Lipinski definition) is 4. The molecule has 1 saturated heterocycles. The molecule has 0 bridgehead atoms. The molecule has 7 nitrogen and oxygen atoms in total. The molecular weight excluding hydrogens is 368 g/mol. The lowest BCUT2D eigenvalue weighted by Crippen LogP contribution is -2.29. The Bertz CT molecular complexity index is 876. The second-order valence-corrected chi connectivity index (χ2v) is 7.51. The summed E-state index contributed by atoms with van der Waals surface area (Å²) in [6, 6.07) is 13.2. The highest BCUT2D eigenvalue weighted by Crippen LogP contribution is 2.30. The third-order valence-corrected chi connectivity index (χ3v) is 5.20. The Morgan fingerprint density at radius 2 is 1.79 bits per heavy atom. The van der Waals surface area contributed by atoms with Gasteiger partial charge < -0.3 is 20.7 Å². The van der Waals surface area contributed by atoms with Crippen LogP contribution < -0.4 is 20.7 Å². The van der Waals surface area contributed by atoms with Crippen LogP contribution in [0.4, 0.5) is 16.2 Å². The lowest BCUT2D eigenvalue weighted by molar-refractivity contribution is -0.118. The Morgan fingerprint density at radius 3 is 2.59 bits per heavy atom. The van der Waals surface area contributed by atoms with Gasteiger partial charge in [0.15, 0.2) is 6.61 Å². The molecule has 2 aromatic rings. The van der Waals surface area contributed by atoms with E-state index >= 15 is 0 Å². The summed E-state index contributed by atoms with van der Waals surface area (Å²) < 4.78 is 5.37. The zero-order valence-electron chi connectivity index (χ0n) is 16.4. The molecule has 2 heterocycles. The molecule has 152 valence electrons. The van der Waals surface area contributed by atoms with E-state index in [1.54, 1.807) is 18.2 Å². The van der Waals surface area contributed by atoms with Crippen LogP contribution in [0, 0.1) is 0 Å². The van der Waals surface area contributed by atoms with E-state index in [9.17, 15) is 9.59 Å². The van der Waals surface area contributed by atoms with E-state index in [0.29, 0.717) is 23.7 Å². The second kappa shape index (κ2) is 8.96. The predicted octanol–water partition coefficient (Wildman–Crippen LogP) is 3.33. The number of amides is 3. The van der Waals surface area contributed by atoms with Gasteiger partial charge in [0.25, 0.3) is 5.91 Å². The van der Waals surface area contributed by atoms with Crippen molar-refractivity contribution < 1.29 is 14.3 Å². The minimum absolute atomic E-state index is 0.0175. The molecule has 0 aromatic heterocycles. The summed E-state index contributed by atoms with van der Waals surface area (Å²) in [6.07, 6.45) is 3.93. The summed E-state index contributed by atoms with van der Waals surface area (Å²) in [7, 11) is 0. The first-order valence-electron chi connectivity index (χ1n) is 10.1. The standard InChI is InChI=1S/C22H26N4O3/c27-21-15-29-20-12-18(8-9-19(20)25-21)24-22(28)23-13-16-4-6-17(7-5-16)14-26-10-2-1-3-11-26/h4-9,12H,1-3,10-11,13-15H2,(H,25,27)(H2,23,24,28). The molecule has 0 unspecified atom stereocenters. The van der Waals surface area contributed by atoms with Crippen LogP contribution in [0.25, 0.3) is 0 Å². The van der Waals surface area contributed by atoms with Crippen LogP contribution in [0.15, 0.2) is 42.5 Å². The third kappa shape index (κ3) is 5.26. The molecule has 0 atom stereocenters. The van der Waals surface area contributed by atoms with E-state index in [1.165, 1.54) is 37.9 Å². The highest BCUT2D eigenvalue weighted by molar-refractivity contribution is 5.96. The van der Waals surface area contributed by atoms with E-state index in [1.807, 2.05) is 0 Å². The van der Waals surface area contributed by atoms with Crippen LogP contribution >= 0.6 is 0 Å². The molecule has 7 heteroatoms. The molecule has 3 amide bonds. The Kier molecular flexibility index (Phi) is 5.95. The highest BCUT2D eigenvalue weighted by atomic mass is 16.5. The maximum Gasteiger partial charge on any atom is 0.319 e. The summed E-state index contributed by atoms with van der Waals surface area (Å²) in [4.78, 5) is 26.0. The predicted molar refractivity (Wildman–Crippen MR) is 112 cm³/mol. The number of carbonyl (C=O) groups is 2. The van der Waals surface area contributed by atoms with Crippen LogP contribution in [0.2, 0.25) is 0 Å². The smallest absolute Gasteiger partial charge is 0.319 e. The average molecular weight is 394 g/mol. The molecule has 0 saturated carbocycles. The minimum atomic E-state index is -0.290. The molecule has 0 radical (unpaired) electrons. The van der Waals surface area contributed by atoms with Crippen molar-refractivity contribution in [3.8, 4) is 5.75 Å². The second-order valence-electron chi connectivity index (χ2n) is 7.51. The monoisotopic (exact) mass is 394 g/mol. The summed E-state index contributed by atoms with van der Waals surface area (Å²) in [5, 5.41) is 8.38. The number of benzene rings is 2. The van der Waals surface area contributed by atoms with Crippen LogP contribution in [-0.4, -0.2) is 36.5 Å². The first-order valence-corrected chi connectivity index (χ1v) is 10.1. The van der Waals surface area contributed by atoms with Crippen molar-refractivity contribution in [3.05, 3.63) is 53.6 Å². The normalized spacial score (nSPS) is 16.3. The minimum Gasteiger partial charge on any atom is -0.482 e. The van der Waals surface area contributed by atoms with Crippen LogP contribution in [0.3, 0.4) is 0 Å². The Morgan fingerprint density at radius 1 is 1.03 bits per heavy atom. The quantitative estimate of drug-likeness (QED) is 0.727. The van der Waals surface area contributed by atoms with Gasteiger partial charge in [-0.2, -0.15) is 0 Å². The molecule has 4 rings (SSSR count). The first-order chi connectivity index (χ1) is 14.2. The first kappa shape index (κ1) is 19.3. The maximum absolute atomic E-state index is 12.2. The van der Waals surface area contributed by atoms with Crippen molar-refractivity contribution in [2.45, 2.75) is 32.4 Å². The van der Waals surface area contributed by atoms with E-state index in [0.717, 1.165) is 12.1 Å². The number of likely N-dealkylation sites (tertiary alicyclic amines) is 1. The van der Waals surface area contributed by atoms with Gasteiger partial charge in [-0.15, -0.1) is 0 Å². The average Bonchev–Trinajstić information content (AvgIpc) is 2.74. The van der Waals surface area contributed by atoms with E-state index in [-0.39, 0.29) is 18.5 Å². The fourth-order valence-corrected chi connectivity index (χ4v) is 3.65. The molecule has 1 fully saturated rings. The number of nitrogens with zero attached hydrogens (tertiary/aromatic N) is 1. The number of piperidine rings is 1. The van der Waals surface area contributed by atoms with E-state index in [2.05, 4.69) is 45.1 Å². The van der Waals surface area contributed by atoms with Crippen molar-refractivity contribution in [1.29, 1.82) is 0 Å². The fourth-order valence-electron chi connectivity index (χ4n) is 3.65. The largest absolute Gasteiger partial charge is 0.482 e. The molecule has 29 heavy (non-hydrogen) atoms. The number of rotatable bonds is 5. The number of nitrogens with one attached hydrogen (secondary N) is 3. The number of anilines is 2. The summed E-state index contributed by atoms with van der Waals surface area (Å²) in [5.41, 5.74) is 3.58. The number of ether oxygens (including phenoxy) is 1. The van der Waals surface area contributed by atoms with Crippen molar-refractivity contribution in [2.24, 2.45) is 0 Å². The van der Waals surface area contributed by atoms with E-state index in [4.69, 9.17) is 4.74 Å². The SMILES string of the molecule is O=C1COc2cc(NC(=O)NCc3ccc(CN4CCCCC4)cc3)ccc2N1. The lowest BCUT2D eigenvalue weighted by Gasteiger charge is -2.26. The molecule has 3 N–H and O–H groups in total. The topological polar surface area (TPSA) is 82.7 Å². The van der Waals surface area contributed by atoms with Gasteiger partial charge in [-0.1, -0.05) is 30.7 Å². The molecule has 0 aliphatic carbocycles. The van der Waals surface area contributed by atoms with Crippen molar-refractivity contribution in [2.75, 3.05) is 30.3 Å². The van der Waals surface area contributed by atoms with E-state index < -0.39 is 0 Å². The van der Waals surface area contributed by atoms with Crippen molar-refractivity contribution in [3.63, 3.8) is 0 Å². The maximum atomic E-state index is 12.2. The van der Waals surface area contributed by atoms with Crippen LogP contribution in [-0.2, 0) is 17.9 Å². The number of urea groups is 1. The number of fused-ring (bicyclic) bond motifs is 1. The van der Waals surface area contributed by atoms with Gasteiger partial charge in [0.1, 0.15) is 5.75 Å². The van der Waals surface area contributed by atoms with Gasteiger partial charge in [-0.05, 0) is 49.2 Å². The fraction of sp³-hybridized carbons (Fsp3) is 0.364. The molecule has 0 spiro atoms. The third-order valence-electron chi connectivity index (χ3n) is 5.20. The summed E-state index contributed by atoms with van der Waals surface area (Å²) in [5.74, 6) is 0.365. The Labute approximate surface area is 170 Å². The molecule has 2 aliphatic rings. The van der Waals surface area contributed by atoms with Crippen LogP contribution in [0.1, 0.15) is 30.4 Å². The van der Waals surface area contributed by atoms with Crippen molar-refractivity contribution >= 4 is 23.3 Å². The van der Waals surface area contributed by atoms with Gasteiger partial charge in [-0.25, -0.2) is 4.79 Å². The van der Waals surface area contributed by atoms with Gasteiger partial charge in [-0.3, -0.25) is 9.69 Å². The molecule has 2 aliphatic heterocycles. The van der Waals surface area contributed by atoms with Crippen molar-refractivity contribution in [1.82, 2.24) is 10.2 Å². The number of hydrogen-bond donors (Lipinski definition) is 3. The van der Waals surface area contributed by atoms with Gasteiger partial charge in [0.05, 0.1) is 5.69 Å². The lowest BCUT2D eigenvalue weighted by atomic mass is 10.1. The summed E-state index contributed by atoms with van der Waals surface area (Å²) >= 11 is 0.